The van der Waals surface area contributed by atoms with Crippen LogP contribution in [-0.2, 0) is 0 Å². The maximum atomic E-state index is 8.85. The zero-order valence-corrected chi connectivity index (χ0v) is 10.6. The largest absolute Gasteiger partial charge is 0.396 e. The average molecular weight is 236 g/mol. The van der Waals surface area contributed by atoms with E-state index >= 15 is 0 Å². The number of nitrogens with zero attached hydrogens (tertiary/aromatic N) is 3. The second-order valence-electron chi connectivity index (χ2n) is 3.63. The second kappa shape index (κ2) is 5.61. The molecule has 86 valence electrons. The fraction of sp³-hybridized carbons (Fsp3) is 0.455. The number of thioether (sulfide) groups is 1. The van der Waals surface area contributed by atoms with Gasteiger partial charge in [0, 0.05) is 18.8 Å². The molecule has 1 aromatic rings. The summed E-state index contributed by atoms with van der Waals surface area (Å²) in [5, 5.41) is 8.85. The highest BCUT2D eigenvalue weighted by Crippen LogP contribution is 2.18. The molecule has 0 bridgehead atoms. The van der Waals surface area contributed by atoms with Gasteiger partial charge in [0.15, 0.2) is 5.69 Å². The van der Waals surface area contributed by atoms with E-state index in [9.17, 15) is 0 Å². The molecule has 0 saturated carbocycles. The van der Waals surface area contributed by atoms with Crippen LogP contribution in [0.15, 0.2) is 12.1 Å². The fourth-order valence-corrected chi connectivity index (χ4v) is 2.03. The van der Waals surface area contributed by atoms with E-state index in [0.717, 1.165) is 11.6 Å². The van der Waals surface area contributed by atoms with Gasteiger partial charge < -0.3 is 10.6 Å². The second-order valence-corrected chi connectivity index (χ2v) is 4.55. The van der Waals surface area contributed by atoms with Gasteiger partial charge >= 0.3 is 0 Å². The Morgan fingerprint density at radius 1 is 1.62 bits per heavy atom. The van der Waals surface area contributed by atoms with Crippen molar-refractivity contribution in [2.75, 3.05) is 29.7 Å². The third-order valence-corrected chi connectivity index (χ3v) is 3.26. The van der Waals surface area contributed by atoms with E-state index in [0.29, 0.717) is 17.4 Å². The molecule has 0 aliphatic rings. The molecule has 16 heavy (non-hydrogen) atoms. The molecule has 0 aromatic carbocycles. The van der Waals surface area contributed by atoms with Crippen molar-refractivity contribution in [2.45, 2.75) is 13.0 Å². The molecule has 1 heterocycles. The van der Waals surface area contributed by atoms with Crippen LogP contribution >= 0.6 is 11.8 Å². The summed E-state index contributed by atoms with van der Waals surface area (Å²) in [7, 11) is 1.97. The zero-order chi connectivity index (χ0) is 12.1. The molecular weight excluding hydrogens is 220 g/mol. The van der Waals surface area contributed by atoms with Crippen molar-refractivity contribution < 1.29 is 0 Å². The van der Waals surface area contributed by atoms with E-state index in [1.54, 1.807) is 17.8 Å². The summed E-state index contributed by atoms with van der Waals surface area (Å²) in [6, 6.07) is 5.93. The molecule has 0 aliphatic heterocycles. The summed E-state index contributed by atoms with van der Waals surface area (Å²) in [4.78, 5) is 6.28. The summed E-state index contributed by atoms with van der Waals surface area (Å²) in [6.07, 6.45) is 2.07. The molecule has 0 amide bonds. The fourth-order valence-electron chi connectivity index (χ4n) is 1.32. The van der Waals surface area contributed by atoms with Crippen LogP contribution in [0.25, 0.3) is 0 Å². The number of nitrogens with two attached hydrogens (primary N) is 1. The molecule has 0 aliphatic carbocycles. The van der Waals surface area contributed by atoms with Gasteiger partial charge in [0.1, 0.15) is 11.9 Å². The highest BCUT2D eigenvalue weighted by Gasteiger charge is 2.12. The first-order valence-electron chi connectivity index (χ1n) is 4.98. The van der Waals surface area contributed by atoms with Crippen molar-refractivity contribution in [3.8, 4) is 6.07 Å². The molecule has 5 heteroatoms. The highest BCUT2D eigenvalue weighted by molar-refractivity contribution is 7.98. The van der Waals surface area contributed by atoms with Crippen molar-refractivity contribution in [1.29, 1.82) is 5.26 Å². The normalized spacial score (nSPS) is 11.9. The van der Waals surface area contributed by atoms with Gasteiger partial charge in [0.25, 0.3) is 0 Å². The van der Waals surface area contributed by atoms with Crippen molar-refractivity contribution in [3.63, 3.8) is 0 Å². The van der Waals surface area contributed by atoms with Crippen LogP contribution in [0, 0.1) is 11.3 Å². The first-order valence-corrected chi connectivity index (χ1v) is 6.38. The first kappa shape index (κ1) is 12.7. The van der Waals surface area contributed by atoms with Gasteiger partial charge in [-0.05, 0) is 25.3 Å². The molecule has 0 spiro atoms. The Balaban J connectivity index is 2.92. The maximum Gasteiger partial charge on any atom is 0.165 e. The number of hydrogen-bond acceptors (Lipinski definition) is 5. The van der Waals surface area contributed by atoms with Gasteiger partial charge in [0.05, 0.1) is 5.69 Å². The van der Waals surface area contributed by atoms with Crippen molar-refractivity contribution in [2.24, 2.45) is 0 Å². The molecule has 0 fully saturated rings. The molecular formula is C11H16N4S. The standard InChI is InChI=1S/C11H16N4S/c1-8(7-16-3)15(2)11-5-4-9(13)10(6-12)14-11/h4-5,8H,7,13H2,1-3H3. The monoisotopic (exact) mass is 236 g/mol. The Labute approximate surface area is 100 Å². The smallest absolute Gasteiger partial charge is 0.165 e. The van der Waals surface area contributed by atoms with E-state index in [1.807, 2.05) is 19.2 Å². The summed E-state index contributed by atoms with van der Waals surface area (Å²) in [5.41, 5.74) is 6.35. The molecule has 4 nitrogen and oxygen atoms in total. The number of nitriles is 1. The Morgan fingerprint density at radius 3 is 2.88 bits per heavy atom. The van der Waals surface area contributed by atoms with Crippen LogP contribution in [0.5, 0.6) is 0 Å². The minimum atomic E-state index is 0.292. The predicted octanol–water partition coefficient (Wildman–Crippen LogP) is 1.72. The lowest BCUT2D eigenvalue weighted by molar-refractivity contribution is 0.753. The van der Waals surface area contributed by atoms with Crippen LogP contribution in [0.2, 0.25) is 0 Å². The first-order chi connectivity index (χ1) is 7.60. The minimum absolute atomic E-state index is 0.292. The Bertz CT molecular complexity index is 399. The van der Waals surface area contributed by atoms with Crippen molar-refractivity contribution in [3.05, 3.63) is 17.8 Å². The topological polar surface area (TPSA) is 65.9 Å². The zero-order valence-electron chi connectivity index (χ0n) is 9.77. The Hall–Kier alpha value is -1.41. The molecule has 0 saturated heterocycles. The highest BCUT2D eigenvalue weighted by atomic mass is 32.2. The van der Waals surface area contributed by atoms with E-state index in [-0.39, 0.29) is 0 Å². The number of nitrogen functional groups attached to an aromatic ring is 1. The molecule has 2 N–H and O–H groups in total. The van der Waals surface area contributed by atoms with Gasteiger partial charge in [-0.25, -0.2) is 4.98 Å². The summed E-state index contributed by atoms with van der Waals surface area (Å²) >= 11 is 1.79. The van der Waals surface area contributed by atoms with Crippen LogP contribution < -0.4 is 10.6 Å². The van der Waals surface area contributed by atoms with E-state index in [4.69, 9.17) is 11.0 Å². The number of pyridine rings is 1. The van der Waals surface area contributed by atoms with Gasteiger partial charge in [-0.3, -0.25) is 0 Å². The van der Waals surface area contributed by atoms with Crippen LogP contribution in [0.1, 0.15) is 12.6 Å². The Morgan fingerprint density at radius 2 is 2.31 bits per heavy atom. The molecule has 1 aromatic heterocycles. The van der Waals surface area contributed by atoms with Crippen LogP contribution in [-0.4, -0.2) is 30.1 Å². The van der Waals surface area contributed by atoms with Gasteiger partial charge in [-0.2, -0.15) is 17.0 Å². The van der Waals surface area contributed by atoms with Crippen LogP contribution in [0.4, 0.5) is 11.5 Å². The van der Waals surface area contributed by atoms with Gasteiger partial charge in [0.2, 0.25) is 0 Å². The third-order valence-electron chi connectivity index (χ3n) is 2.45. The number of hydrogen-bond donors (Lipinski definition) is 1. The lowest BCUT2D eigenvalue weighted by atomic mass is 10.3. The predicted molar refractivity (Wildman–Crippen MR) is 69.6 cm³/mol. The summed E-state index contributed by atoms with van der Waals surface area (Å²) in [5.74, 6) is 1.80. The Kier molecular flexibility index (Phi) is 4.44. The third kappa shape index (κ3) is 2.80. The summed E-state index contributed by atoms with van der Waals surface area (Å²) < 4.78 is 0. The molecule has 0 radical (unpaired) electrons. The number of aromatic nitrogens is 1. The van der Waals surface area contributed by atoms with Crippen molar-refractivity contribution >= 4 is 23.3 Å². The quantitative estimate of drug-likeness (QED) is 0.862. The number of anilines is 2. The van der Waals surface area contributed by atoms with Crippen LogP contribution in [0.3, 0.4) is 0 Å². The van der Waals surface area contributed by atoms with Gasteiger partial charge in [-0.1, -0.05) is 0 Å². The van der Waals surface area contributed by atoms with Crippen molar-refractivity contribution in [1.82, 2.24) is 4.98 Å². The molecule has 1 rings (SSSR count). The minimum Gasteiger partial charge on any atom is -0.396 e. The molecule has 1 unspecified atom stereocenters. The summed E-state index contributed by atoms with van der Waals surface area (Å²) in [6.45, 7) is 2.13. The molecule has 1 atom stereocenters. The lowest BCUT2D eigenvalue weighted by Gasteiger charge is -2.25. The van der Waals surface area contributed by atoms with Gasteiger partial charge in [-0.15, -0.1) is 0 Å². The lowest BCUT2D eigenvalue weighted by Crippen LogP contribution is -2.31. The average Bonchev–Trinajstić information content (AvgIpc) is 2.29. The van der Waals surface area contributed by atoms with E-state index in [1.165, 1.54) is 0 Å². The van der Waals surface area contributed by atoms with E-state index < -0.39 is 0 Å². The SMILES string of the molecule is CSCC(C)N(C)c1ccc(N)c(C#N)n1. The van der Waals surface area contributed by atoms with E-state index in [2.05, 4.69) is 23.1 Å². The maximum absolute atomic E-state index is 8.85. The number of rotatable bonds is 4.